The molecule has 30 heavy (non-hydrogen) atoms. The molecule has 0 amide bonds. The molecule has 1 unspecified atom stereocenters. The molecule has 158 valence electrons. The van der Waals surface area contributed by atoms with Gasteiger partial charge in [-0.05, 0) is 43.3 Å². The van der Waals surface area contributed by atoms with E-state index >= 15 is 0 Å². The summed E-state index contributed by atoms with van der Waals surface area (Å²) in [5.74, 6) is 3.65. The minimum absolute atomic E-state index is 0.317. The summed E-state index contributed by atoms with van der Waals surface area (Å²) >= 11 is 7.78. The van der Waals surface area contributed by atoms with Gasteiger partial charge in [-0.2, -0.15) is 0 Å². The predicted octanol–water partition coefficient (Wildman–Crippen LogP) is 5.44. The largest absolute Gasteiger partial charge is 0.497 e. The third kappa shape index (κ3) is 5.70. The Morgan fingerprint density at radius 1 is 1.13 bits per heavy atom. The Morgan fingerprint density at radius 3 is 2.57 bits per heavy atom. The van der Waals surface area contributed by atoms with E-state index in [4.69, 9.17) is 25.8 Å². The predicted molar refractivity (Wildman–Crippen MR) is 120 cm³/mol. The molecule has 1 heterocycles. The summed E-state index contributed by atoms with van der Waals surface area (Å²) in [6.45, 7) is 6.89. The Hall–Kier alpha value is -2.64. The lowest BCUT2D eigenvalue weighted by Crippen LogP contribution is -2.12. The molecule has 2 aromatic carbocycles. The zero-order chi connectivity index (χ0) is 21.3. The number of hydrogen-bond donors (Lipinski definition) is 0. The van der Waals surface area contributed by atoms with Crippen LogP contribution in [-0.4, -0.2) is 34.2 Å². The molecule has 0 aliphatic rings. The highest BCUT2D eigenvalue weighted by atomic mass is 35.5. The zero-order valence-electron chi connectivity index (χ0n) is 17.0. The summed E-state index contributed by atoms with van der Waals surface area (Å²) < 4.78 is 18.9. The van der Waals surface area contributed by atoms with E-state index in [0.29, 0.717) is 29.7 Å². The zero-order valence-corrected chi connectivity index (χ0v) is 18.5. The molecule has 0 aliphatic carbocycles. The van der Waals surface area contributed by atoms with Gasteiger partial charge in [-0.25, -0.2) is 0 Å². The van der Waals surface area contributed by atoms with Crippen LogP contribution in [0.15, 0.2) is 66.3 Å². The van der Waals surface area contributed by atoms with E-state index in [1.54, 1.807) is 24.9 Å². The molecule has 0 saturated heterocycles. The average Bonchev–Trinajstić information content (AvgIpc) is 3.16. The smallest absolute Gasteiger partial charge is 0.191 e. The van der Waals surface area contributed by atoms with Crippen molar-refractivity contribution in [3.63, 3.8) is 0 Å². The molecule has 0 radical (unpaired) electrons. The van der Waals surface area contributed by atoms with E-state index in [2.05, 4.69) is 16.8 Å². The van der Waals surface area contributed by atoms with E-state index in [1.807, 2.05) is 60.0 Å². The van der Waals surface area contributed by atoms with Crippen LogP contribution < -0.4 is 14.2 Å². The van der Waals surface area contributed by atoms with E-state index in [1.165, 1.54) is 0 Å². The SMILES string of the molecule is C=CCn1c(SCCOc2ccc(OC)cc2)nnc1C(C)Oc1ccccc1Cl. The summed E-state index contributed by atoms with van der Waals surface area (Å²) in [5, 5.41) is 10.0. The van der Waals surface area contributed by atoms with Crippen LogP contribution >= 0.6 is 23.4 Å². The number of allylic oxidation sites excluding steroid dienone is 1. The number of rotatable bonds is 11. The van der Waals surface area contributed by atoms with Gasteiger partial charge in [0.1, 0.15) is 17.2 Å². The molecule has 6 nitrogen and oxygen atoms in total. The van der Waals surface area contributed by atoms with Crippen molar-refractivity contribution in [3.8, 4) is 17.2 Å². The number of para-hydroxylation sites is 1. The minimum atomic E-state index is -0.317. The van der Waals surface area contributed by atoms with Crippen molar-refractivity contribution in [1.82, 2.24) is 14.8 Å². The quantitative estimate of drug-likeness (QED) is 0.222. The number of ether oxygens (including phenoxy) is 3. The molecule has 8 heteroatoms. The maximum atomic E-state index is 6.20. The van der Waals surface area contributed by atoms with Crippen molar-refractivity contribution in [2.45, 2.75) is 24.7 Å². The van der Waals surface area contributed by atoms with Crippen LogP contribution in [0.5, 0.6) is 17.2 Å². The summed E-state index contributed by atoms with van der Waals surface area (Å²) in [7, 11) is 1.64. The van der Waals surface area contributed by atoms with E-state index < -0.39 is 0 Å². The van der Waals surface area contributed by atoms with Gasteiger partial charge in [0.05, 0.1) is 18.7 Å². The molecule has 0 N–H and O–H groups in total. The van der Waals surface area contributed by atoms with Gasteiger partial charge in [0.15, 0.2) is 17.1 Å². The summed E-state index contributed by atoms with van der Waals surface area (Å²) in [4.78, 5) is 0. The first-order valence-corrected chi connectivity index (χ1v) is 10.8. The Bertz CT molecular complexity index is 963. The summed E-state index contributed by atoms with van der Waals surface area (Å²) in [6.07, 6.45) is 1.50. The fourth-order valence-electron chi connectivity index (χ4n) is 2.76. The second-order valence-corrected chi connectivity index (χ2v) is 7.77. The highest BCUT2D eigenvalue weighted by Crippen LogP contribution is 2.29. The number of nitrogens with zero attached hydrogens (tertiary/aromatic N) is 3. The van der Waals surface area contributed by atoms with Crippen molar-refractivity contribution < 1.29 is 14.2 Å². The fourth-order valence-corrected chi connectivity index (χ4v) is 3.71. The number of hydrogen-bond acceptors (Lipinski definition) is 6. The van der Waals surface area contributed by atoms with Crippen molar-refractivity contribution in [2.75, 3.05) is 19.5 Å². The van der Waals surface area contributed by atoms with Gasteiger partial charge >= 0.3 is 0 Å². The van der Waals surface area contributed by atoms with Gasteiger partial charge in [-0.3, -0.25) is 4.57 Å². The van der Waals surface area contributed by atoms with Crippen LogP contribution in [0, 0.1) is 0 Å². The van der Waals surface area contributed by atoms with E-state index in [-0.39, 0.29) is 6.10 Å². The summed E-state index contributed by atoms with van der Waals surface area (Å²) in [6, 6.07) is 14.9. The highest BCUT2D eigenvalue weighted by Gasteiger charge is 2.19. The van der Waals surface area contributed by atoms with Gasteiger partial charge in [0.2, 0.25) is 0 Å². The van der Waals surface area contributed by atoms with Gasteiger partial charge in [0.25, 0.3) is 0 Å². The second kappa shape index (κ2) is 10.9. The Labute approximate surface area is 185 Å². The van der Waals surface area contributed by atoms with E-state index in [0.717, 1.165) is 22.4 Å². The van der Waals surface area contributed by atoms with Crippen molar-refractivity contribution in [1.29, 1.82) is 0 Å². The highest BCUT2D eigenvalue weighted by molar-refractivity contribution is 7.99. The molecule has 3 rings (SSSR count). The normalized spacial score (nSPS) is 11.7. The van der Waals surface area contributed by atoms with Gasteiger partial charge in [-0.15, -0.1) is 16.8 Å². The second-order valence-electron chi connectivity index (χ2n) is 6.30. The molecule has 0 saturated carbocycles. The van der Waals surface area contributed by atoms with Crippen molar-refractivity contribution in [3.05, 3.63) is 72.0 Å². The molecule has 1 aromatic heterocycles. The minimum Gasteiger partial charge on any atom is -0.497 e. The molecular weight excluding hydrogens is 422 g/mol. The molecule has 0 bridgehead atoms. The first kappa shape index (κ1) is 22.1. The maximum absolute atomic E-state index is 6.20. The monoisotopic (exact) mass is 445 g/mol. The number of aromatic nitrogens is 3. The molecule has 3 aromatic rings. The van der Waals surface area contributed by atoms with Crippen LogP contribution in [-0.2, 0) is 6.54 Å². The topological polar surface area (TPSA) is 58.4 Å². The van der Waals surface area contributed by atoms with Crippen LogP contribution in [0.25, 0.3) is 0 Å². The lowest BCUT2D eigenvalue weighted by Gasteiger charge is -2.16. The first-order chi connectivity index (χ1) is 14.6. The lowest BCUT2D eigenvalue weighted by molar-refractivity contribution is 0.210. The average molecular weight is 446 g/mol. The molecule has 0 aliphatic heterocycles. The fraction of sp³-hybridized carbons (Fsp3) is 0.273. The number of thioether (sulfide) groups is 1. The number of benzene rings is 2. The number of halogens is 1. The Balaban J connectivity index is 1.60. The Morgan fingerprint density at radius 2 is 1.87 bits per heavy atom. The van der Waals surface area contributed by atoms with Gasteiger partial charge in [-0.1, -0.05) is 41.6 Å². The molecule has 1 atom stereocenters. The molecule has 0 fully saturated rings. The third-order valence-electron chi connectivity index (χ3n) is 4.20. The molecular formula is C22H24ClN3O3S. The Kier molecular flexibility index (Phi) is 8.04. The number of methoxy groups -OCH3 is 1. The van der Waals surface area contributed by atoms with Crippen molar-refractivity contribution in [2.24, 2.45) is 0 Å². The lowest BCUT2D eigenvalue weighted by atomic mass is 10.3. The van der Waals surface area contributed by atoms with Crippen molar-refractivity contribution >= 4 is 23.4 Å². The van der Waals surface area contributed by atoms with Crippen LogP contribution in [0.4, 0.5) is 0 Å². The van der Waals surface area contributed by atoms with Gasteiger partial charge in [0, 0.05) is 12.3 Å². The standard InChI is InChI=1S/C22H24ClN3O3S/c1-4-13-26-21(16(2)29-20-8-6-5-7-19(20)23)24-25-22(26)30-15-14-28-18-11-9-17(27-3)10-12-18/h4-12,16H,1,13-15H2,2-3H3. The third-order valence-corrected chi connectivity index (χ3v) is 5.45. The van der Waals surface area contributed by atoms with Gasteiger partial charge < -0.3 is 14.2 Å². The van der Waals surface area contributed by atoms with Crippen LogP contribution in [0.1, 0.15) is 18.9 Å². The van der Waals surface area contributed by atoms with Crippen LogP contribution in [0.3, 0.4) is 0 Å². The first-order valence-electron chi connectivity index (χ1n) is 9.47. The molecule has 0 spiro atoms. The van der Waals surface area contributed by atoms with E-state index in [9.17, 15) is 0 Å². The summed E-state index contributed by atoms with van der Waals surface area (Å²) in [5.41, 5.74) is 0. The maximum Gasteiger partial charge on any atom is 0.191 e. The van der Waals surface area contributed by atoms with Crippen LogP contribution in [0.2, 0.25) is 5.02 Å².